The molecule has 2 N–H and O–H groups in total. The molecular weight excluding hydrogens is 474 g/mol. The van der Waals surface area contributed by atoms with Gasteiger partial charge in [0, 0.05) is 22.3 Å². The minimum absolute atomic E-state index is 0.246. The molecule has 0 saturated heterocycles. The number of ether oxygens (including phenoxy) is 1. The molecule has 27 heavy (non-hydrogen) atoms. The fourth-order valence-electron chi connectivity index (χ4n) is 2.60. The number of halogens is 2. The zero-order chi connectivity index (χ0) is 19.2. The first-order valence-corrected chi connectivity index (χ1v) is 9.83. The van der Waals surface area contributed by atoms with Crippen molar-refractivity contribution in [3.05, 3.63) is 92.4 Å². The van der Waals surface area contributed by atoms with Crippen molar-refractivity contribution in [3.8, 4) is 5.75 Å². The Morgan fingerprint density at radius 3 is 2.52 bits per heavy atom. The highest BCUT2D eigenvalue weighted by molar-refractivity contribution is 9.11. The summed E-state index contributed by atoms with van der Waals surface area (Å²) in [7, 11) is 0. The molecule has 0 fully saturated rings. The van der Waals surface area contributed by atoms with Crippen LogP contribution in [0.4, 0.5) is 5.69 Å². The van der Waals surface area contributed by atoms with Crippen molar-refractivity contribution in [2.75, 3.05) is 5.32 Å². The van der Waals surface area contributed by atoms with Crippen LogP contribution in [0.1, 0.15) is 21.5 Å². The van der Waals surface area contributed by atoms with Crippen molar-refractivity contribution in [1.82, 2.24) is 0 Å². The Morgan fingerprint density at radius 2 is 1.78 bits per heavy atom. The Balaban J connectivity index is 1.78. The van der Waals surface area contributed by atoms with Crippen molar-refractivity contribution in [2.45, 2.75) is 13.2 Å². The molecule has 0 amide bonds. The van der Waals surface area contributed by atoms with Gasteiger partial charge in [-0.25, -0.2) is 4.79 Å². The van der Waals surface area contributed by atoms with Crippen molar-refractivity contribution >= 4 is 43.5 Å². The van der Waals surface area contributed by atoms with E-state index in [0.717, 1.165) is 31.5 Å². The molecule has 0 aliphatic rings. The lowest BCUT2D eigenvalue weighted by Gasteiger charge is -2.16. The molecule has 0 atom stereocenters. The van der Waals surface area contributed by atoms with Gasteiger partial charge in [0.15, 0.2) is 0 Å². The number of aromatic carboxylic acids is 1. The summed E-state index contributed by atoms with van der Waals surface area (Å²) in [6, 6.07) is 20.6. The first-order valence-electron chi connectivity index (χ1n) is 8.25. The lowest BCUT2D eigenvalue weighted by molar-refractivity contribution is 0.0697. The van der Waals surface area contributed by atoms with Crippen molar-refractivity contribution in [1.29, 1.82) is 0 Å². The van der Waals surface area contributed by atoms with E-state index < -0.39 is 5.97 Å². The zero-order valence-corrected chi connectivity index (χ0v) is 17.5. The number of anilines is 1. The molecule has 6 heteroatoms. The summed E-state index contributed by atoms with van der Waals surface area (Å²) in [5, 5.41) is 12.4. The van der Waals surface area contributed by atoms with E-state index in [4.69, 9.17) is 9.84 Å². The first-order chi connectivity index (χ1) is 13.0. The van der Waals surface area contributed by atoms with E-state index >= 15 is 0 Å². The largest absolute Gasteiger partial charge is 0.487 e. The Morgan fingerprint density at radius 1 is 1.00 bits per heavy atom. The van der Waals surface area contributed by atoms with E-state index in [1.807, 2.05) is 48.5 Å². The lowest BCUT2D eigenvalue weighted by Crippen LogP contribution is -2.05. The molecule has 0 spiro atoms. The Bertz CT molecular complexity index is 945. The number of carboxylic acids is 1. The summed E-state index contributed by atoms with van der Waals surface area (Å²) >= 11 is 7.08. The van der Waals surface area contributed by atoms with Gasteiger partial charge >= 0.3 is 5.97 Å². The van der Waals surface area contributed by atoms with Gasteiger partial charge in [0.25, 0.3) is 0 Å². The fraction of sp³-hybridized carbons (Fsp3) is 0.0952. The van der Waals surface area contributed by atoms with Crippen LogP contribution in [0.25, 0.3) is 0 Å². The molecule has 3 rings (SSSR count). The summed E-state index contributed by atoms with van der Waals surface area (Å²) in [5.74, 6) is -0.195. The Hall–Kier alpha value is -2.31. The Labute approximate surface area is 174 Å². The third kappa shape index (κ3) is 5.34. The van der Waals surface area contributed by atoms with Crippen LogP contribution in [0, 0.1) is 0 Å². The second kappa shape index (κ2) is 9.06. The van der Waals surface area contributed by atoms with Crippen molar-refractivity contribution in [2.24, 2.45) is 0 Å². The van der Waals surface area contributed by atoms with Crippen LogP contribution in [0.15, 0.2) is 75.7 Å². The van der Waals surface area contributed by atoms with Gasteiger partial charge in [-0.2, -0.15) is 0 Å². The maximum Gasteiger partial charge on any atom is 0.335 e. The molecule has 0 saturated carbocycles. The fourth-order valence-corrected chi connectivity index (χ4v) is 4.02. The number of hydrogen-bond donors (Lipinski definition) is 2. The van der Waals surface area contributed by atoms with E-state index in [2.05, 4.69) is 37.2 Å². The molecule has 3 aromatic carbocycles. The number of hydrogen-bond acceptors (Lipinski definition) is 3. The maximum absolute atomic E-state index is 11.1. The van der Waals surface area contributed by atoms with E-state index in [0.29, 0.717) is 13.2 Å². The smallest absolute Gasteiger partial charge is 0.335 e. The molecule has 0 aromatic heterocycles. The lowest BCUT2D eigenvalue weighted by atomic mass is 10.1. The Kier molecular flexibility index (Phi) is 6.53. The van der Waals surface area contributed by atoms with E-state index in [1.54, 1.807) is 18.2 Å². The first kappa shape index (κ1) is 19.5. The summed E-state index contributed by atoms with van der Waals surface area (Å²) in [4.78, 5) is 11.1. The summed E-state index contributed by atoms with van der Waals surface area (Å²) in [5.41, 5.74) is 3.02. The monoisotopic (exact) mass is 489 g/mol. The predicted octanol–water partition coefficient (Wildman–Crippen LogP) is 6.10. The molecule has 138 valence electrons. The van der Waals surface area contributed by atoms with E-state index in [1.165, 1.54) is 0 Å². The number of rotatable bonds is 7. The van der Waals surface area contributed by atoms with Crippen LogP contribution in [0.5, 0.6) is 5.75 Å². The van der Waals surface area contributed by atoms with Gasteiger partial charge in [-0.1, -0.05) is 52.3 Å². The van der Waals surface area contributed by atoms with Crippen LogP contribution in [-0.4, -0.2) is 11.1 Å². The molecule has 0 aliphatic heterocycles. The number of benzene rings is 3. The minimum atomic E-state index is -0.948. The van der Waals surface area contributed by atoms with Crippen molar-refractivity contribution in [3.63, 3.8) is 0 Å². The van der Waals surface area contributed by atoms with Crippen LogP contribution in [0.2, 0.25) is 0 Å². The highest BCUT2D eigenvalue weighted by Crippen LogP contribution is 2.34. The third-order valence-electron chi connectivity index (χ3n) is 3.90. The van der Waals surface area contributed by atoms with Crippen LogP contribution in [0.3, 0.4) is 0 Å². The highest BCUT2D eigenvalue weighted by Gasteiger charge is 2.11. The number of carboxylic acid groups (broad SMARTS) is 1. The van der Waals surface area contributed by atoms with Gasteiger partial charge < -0.3 is 15.2 Å². The molecule has 0 bridgehead atoms. The average Bonchev–Trinajstić information content (AvgIpc) is 2.66. The minimum Gasteiger partial charge on any atom is -0.487 e. The molecule has 0 aliphatic carbocycles. The normalized spacial score (nSPS) is 10.4. The van der Waals surface area contributed by atoms with Crippen LogP contribution in [-0.2, 0) is 13.2 Å². The topological polar surface area (TPSA) is 58.6 Å². The standard InChI is InChI=1S/C21H17Br2NO3/c22-17-9-16(12-24-18-8-4-7-15(10-18)21(25)26)20(19(23)11-17)27-13-14-5-2-1-3-6-14/h1-11,24H,12-13H2,(H,25,26). The summed E-state index contributed by atoms with van der Waals surface area (Å²) < 4.78 is 7.84. The van der Waals surface area contributed by atoms with Gasteiger partial charge in [-0.05, 0) is 51.8 Å². The summed E-state index contributed by atoms with van der Waals surface area (Å²) in [6.45, 7) is 0.952. The van der Waals surface area contributed by atoms with E-state index in [9.17, 15) is 4.79 Å². The summed E-state index contributed by atoms with van der Waals surface area (Å²) in [6.07, 6.45) is 0. The predicted molar refractivity (Wildman–Crippen MR) is 113 cm³/mol. The molecule has 4 nitrogen and oxygen atoms in total. The average molecular weight is 491 g/mol. The van der Waals surface area contributed by atoms with Gasteiger partial charge in [-0.15, -0.1) is 0 Å². The highest BCUT2D eigenvalue weighted by atomic mass is 79.9. The van der Waals surface area contributed by atoms with Crippen molar-refractivity contribution < 1.29 is 14.6 Å². The molecule has 0 radical (unpaired) electrons. The van der Waals surface area contributed by atoms with Gasteiger partial charge in [0.05, 0.1) is 10.0 Å². The van der Waals surface area contributed by atoms with Gasteiger partial charge in [0.1, 0.15) is 12.4 Å². The quantitative estimate of drug-likeness (QED) is 0.420. The second-order valence-corrected chi connectivity index (χ2v) is 7.66. The molecule has 0 unspecified atom stereocenters. The van der Waals surface area contributed by atoms with E-state index in [-0.39, 0.29) is 5.56 Å². The number of nitrogens with one attached hydrogen (secondary N) is 1. The zero-order valence-electron chi connectivity index (χ0n) is 14.3. The van der Waals surface area contributed by atoms with Gasteiger partial charge in [0.2, 0.25) is 0 Å². The second-order valence-electron chi connectivity index (χ2n) is 5.89. The van der Waals surface area contributed by atoms with Crippen LogP contribution < -0.4 is 10.1 Å². The van der Waals surface area contributed by atoms with Gasteiger partial charge in [-0.3, -0.25) is 0 Å². The molecular formula is C21H17Br2NO3. The SMILES string of the molecule is O=C(O)c1cccc(NCc2cc(Br)cc(Br)c2OCc2ccccc2)c1. The maximum atomic E-state index is 11.1. The molecule has 3 aromatic rings. The molecule has 0 heterocycles. The third-order valence-corrected chi connectivity index (χ3v) is 4.95. The number of carbonyl (C=O) groups is 1. The van der Waals surface area contributed by atoms with Crippen LogP contribution >= 0.6 is 31.9 Å².